The van der Waals surface area contributed by atoms with Crippen LogP contribution in [0, 0.1) is 20.2 Å². The third-order valence-electron chi connectivity index (χ3n) is 12.9. The molecule has 0 spiro atoms. The Morgan fingerprint density at radius 2 is 1.00 bits per heavy atom. The lowest BCUT2D eigenvalue weighted by atomic mass is 10.1. The molecule has 2 saturated heterocycles. The summed E-state index contributed by atoms with van der Waals surface area (Å²) in [5.41, 5.74) is -0.909. The van der Waals surface area contributed by atoms with E-state index in [2.05, 4.69) is 67.7 Å². The van der Waals surface area contributed by atoms with Gasteiger partial charge >= 0.3 is 11.4 Å². The Bertz CT molecular complexity index is 1830. The van der Waals surface area contributed by atoms with E-state index >= 15 is 0 Å². The van der Waals surface area contributed by atoms with Gasteiger partial charge in [-0.05, 0) is 68.4 Å². The minimum Gasteiger partial charge on any atom is -0.496 e. The van der Waals surface area contributed by atoms with Crippen molar-refractivity contribution in [1.29, 1.82) is 0 Å². The molecule has 0 aromatic heterocycles. The van der Waals surface area contributed by atoms with Crippen LogP contribution in [0.15, 0.2) is 24.3 Å². The van der Waals surface area contributed by atoms with Gasteiger partial charge in [0.15, 0.2) is 16.6 Å². The average molecular weight is 921 g/mol. The van der Waals surface area contributed by atoms with Gasteiger partial charge in [-0.1, -0.05) is 41.5 Å². The molecule has 2 aromatic carbocycles. The quantitative estimate of drug-likeness (QED) is 0.0574. The van der Waals surface area contributed by atoms with Crippen LogP contribution in [0.5, 0.6) is 23.0 Å². The fourth-order valence-electron chi connectivity index (χ4n) is 6.98. The molecule has 20 heteroatoms. The van der Waals surface area contributed by atoms with Crippen molar-refractivity contribution in [1.82, 2.24) is 9.80 Å². The summed E-state index contributed by atoms with van der Waals surface area (Å²) in [6.45, 7) is 21.8. The summed E-state index contributed by atoms with van der Waals surface area (Å²) < 4.78 is 35.4. The number of carbonyl (C=O) groups is 2. The lowest BCUT2D eigenvalue weighted by Gasteiger charge is -2.38. The van der Waals surface area contributed by atoms with Crippen LogP contribution in [-0.2, 0) is 8.85 Å². The summed E-state index contributed by atoms with van der Waals surface area (Å²) in [5.74, 6) is -1.05. The monoisotopic (exact) mass is 920 g/mol. The number of likely N-dealkylation sites (tertiary alicyclic amines) is 2. The molecule has 352 valence electrons. The van der Waals surface area contributed by atoms with Crippen molar-refractivity contribution in [2.45, 2.75) is 134 Å². The Balaban J connectivity index is 1.37. The SMILES string of the molecule is COc1cc(OCCCCCOc2cc(OC)c(C(=O)N3C[C@H](O)C[C@H]3CO[Si](C)(C)C(C)(C)C)cc2[N+](=O)[O-])c([N+](=O)[O-])cc1C(=O)N1C[C@H](O)C[C@H]1CO[Si](C)(C)C(C)(C)C. The van der Waals surface area contributed by atoms with Crippen LogP contribution in [0.1, 0.15) is 94.4 Å². The number of aliphatic hydroxyl groups excluding tert-OH is 2. The molecule has 63 heavy (non-hydrogen) atoms. The highest BCUT2D eigenvalue weighted by molar-refractivity contribution is 6.74. The Kier molecular flexibility index (Phi) is 16.8. The first-order valence-corrected chi connectivity index (χ1v) is 27.3. The molecule has 4 atom stereocenters. The molecular formula is C43H68N4O14Si2. The van der Waals surface area contributed by atoms with Crippen LogP contribution in [-0.4, -0.2) is 136 Å². The van der Waals surface area contributed by atoms with Crippen molar-refractivity contribution in [2.24, 2.45) is 0 Å². The number of nitro groups is 2. The lowest BCUT2D eigenvalue weighted by molar-refractivity contribution is -0.386. The highest BCUT2D eigenvalue weighted by Crippen LogP contribution is 2.41. The second-order valence-corrected chi connectivity index (χ2v) is 29.1. The fourth-order valence-corrected chi connectivity index (χ4v) is 9.07. The Labute approximate surface area is 372 Å². The standard InChI is InChI=1S/C43H68N4O14Si2/c1-42(2,3)62(9,10)60-26-28-18-30(48)24-44(28)40(50)32-20-34(46(52)53)38(22-36(32)56-7)58-16-14-13-15-17-59-39-23-37(57-8)33(21-35(39)47(54)55)41(51)45-25-31(49)19-29(45)27-61-63(11,12)43(4,5)6/h20-23,28-31,48-49H,13-19,24-27H2,1-12H3/t28-,29-,30+,31+/m0/s1. The number of carbonyl (C=O) groups excluding carboxylic acids is 2. The highest BCUT2D eigenvalue weighted by atomic mass is 28.4. The molecule has 4 rings (SSSR count). The van der Waals surface area contributed by atoms with E-state index in [1.165, 1.54) is 36.2 Å². The van der Waals surface area contributed by atoms with Crippen molar-refractivity contribution in [3.8, 4) is 23.0 Å². The second kappa shape index (κ2) is 20.7. The summed E-state index contributed by atoms with van der Waals surface area (Å²) in [6.07, 6.45) is 0.485. The molecule has 2 amide bonds. The summed E-state index contributed by atoms with van der Waals surface area (Å²) >= 11 is 0. The zero-order valence-corrected chi connectivity index (χ0v) is 41.0. The van der Waals surface area contributed by atoms with Gasteiger partial charge in [-0.3, -0.25) is 29.8 Å². The van der Waals surface area contributed by atoms with Gasteiger partial charge in [0.05, 0.1) is 85.9 Å². The molecule has 0 radical (unpaired) electrons. The summed E-state index contributed by atoms with van der Waals surface area (Å²) in [4.78, 5) is 53.9. The van der Waals surface area contributed by atoms with Gasteiger partial charge in [-0.2, -0.15) is 0 Å². The number of nitro benzene ring substituents is 2. The minimum absolute atomic E-state index is 0.0334. The fraction of sp³-hybridized carbons (Fsp3) is 0.674. The van der Waals surface area contributed by atoms with Crippen LogP contribution < -0.4 is 18.9 Å². The number of β-amino-alcohol motifs (C(OH)–C–C–N with tert-alkyl or cyclic N) is 2. The number of aliphatic hydroxyl groups is 2. The van der Waals surface area contributed by atoms with Crippen molar-refractivity contribution < 1.29 is 57.4 Å². The topological polar surface area (TPSA) is 223 Å². The minimum atomic E-state index is -2.17. The molecule has 0 bridgehead atoms. The first-order chi connectivity index (χ1) is 29.2. The van der Waals surface area contributed by atoms with Gasteiger partial charge in [0.25, 0.3) is 11.8 Å². The van der Waals surface area contributed by atoms with E-state index in [9.17, 15) is 40.0 Å². The molecule has 0 saturated carbocycles. The van der Waals surface area contributed by atoms with Crippen molar-refractivity contribution in [3.63, 3.8) is 0 Å². The van der Waals surface area contributed by atoms with Gasteiger partial charge in [-0.15, -0.1) is 0 Å². The molecule has 2 aliphatic heterocycles. The normalized spacial score (nSPS) is 19.6. The van der Waals surface area contributed by atoms with E-state index in [1.807, 2.05) is 0 Å². The summed E-state index contributed by atoms with van der Waals surface area (Å²) in [5, 5.41) is 45.3. The Morgan fingerprint density at radius 1 is 0.651 bits per heavy atom. The van der Waals surface area contributed by atoms with Crippen molar-refractivity contribution >= 4 is 39.8 Å². The van der Waals surface area contributed by atoms with Crippen LogP contribution in [0.25, 0.3) is 0 Å². The number of nitrogens with zero attached hydrogens (tertiary/aromatic N) is 4. The van der Waals surface area contributed by atoms with Gasteiger partial charge in [0, 0.05) is 37.4 Å². The van der Waals surface area contributed by atoms with Crippen LogP contribution >= 0.6 is 0 Å². The summed E-state index contributed by atoms with van der Waals surface area (Å²) in [6, 6.07) is 4.06. The maximum atomic E-state index is 13.9. The molecule has 0 unspecified atom stereocenters. The third-order valence-corrected chi connectivity index (χ3v) is 21.9. The van der Waals surface area contributed by atoms with E-state index in [1.54, 1.807) is 0 Å². The molecule has 2 N–H and O–H groups in total. The maximum Gasteiger partial charge on any atom is 0.312 e. The molecule has 0 aliphatic carbocycles. The number of ether oxygens (including phenoxy) is 4. The highest BCUT2D eigenvalue weighted by Gasteiger charge is 2.43. The predicted octanol–water partition coefficient (Wildman–Crippen LogP) is 7.34. The van der Waals surface area contributed by atoms with Gasteiger partial charge in [0.1, 0.15) is 11.5 Å². The Hall–Kier alpha value is -4.35. The number of hydrogen-bond donors (Lipinski definition) is 2. The first kappa shape index (κ1) is 51.3. The van der Waals surface area contributed by atoms with Crippen LogP contribution in [0.2, 0.25) is 36.3 Å². The van der Waals surface area contributed by atoms with E-state index in [-0.39, 0.29) is 83.7 Å². The Morgan fingerprint density at radius 3 is 1.30 bits per heavy atom. The maximum absolute atomic E-state index is 13.9. The molecule has 2 aliphatic rings. The number of rotatable bonds is 20. The number of methoxy groups -OCH3 is 2. The second-order valence-electron chi connectivity index (χ2n) is 19.5. The zero-order valence-electron chi connectivity index (χ0n) is 39.0. The number of hydrogen-bond acceptors (Lipinski definition) is 14. The van der Waals surface area contributed by atoms with Gasteiger partial charge in [0.2, 0.25) is 11.5 Å². The van der Waals surface area contributed by atoms with E-state index in [0.717, 1.165) is 12.1 Å². The largest absolute Gasteiger partial charge is 0.496 e. The molecule has 18 nitrogen and oxygen atoms in total. The number of benzene rings is 2. The van der Waals surface area contributed by atoms with E-state index in [4.69, 9.17) is 27.8 Å². The van der Waals surface area contributed by atoms with E-state index < -0.39 is 74.0 Å². The first-order valence-electron chi connectivity index (χ1n) is 21.5. The molecular weight excluding hydrogens is 853 g/mol. The molecule has 2 aromatic rings. The molecule has 2 fully saturated rings. The smallest absolute Gasteiger partial charge is 0.312 e. The predicted molar refractivity (Wildman–Crippen MR) is 241 cm³/mol. The van der Waals surface area contributed by atoms with Gasteiger partial charge in [-0.25, -0.2) is 0 Å². The van der Waals surface area contributed by atoms with E-state index in [0.29, 0.717) is 32.1 Å². The van der Waals surface area contributed by atoms with Crippen molar-refractivity contribution in [2.75, 3.05) is 53.7 Å². The number of amides is 2. The zero-order chi connectivity index (χ0) is 47.2. The van der Waals surface area contributed by atoms with Crippen LogP contribution in [0.4, 0.5) is 11.4 Å². The third kappa shape index (κ3) is 12.5. The average Bonchev–Trinajstić information content (AvgIpc) is 3.77. The lowest BCUT2D eigenvalue weighted by Crippen LogP contribution is -2.46. The summed E-state index contributed by atoms with van der Waals surface area (Å²) in [7, 11) is -1.63. The van der Waals surface area contributed by atoms with Gasteiger partial charge < -0.3 is 47.8 Å². The van der Waals surface area contributed by atoms with Crippen molar-refractivity contribution in [3.05, 3.63) is 55.6 Å². The van der Waals surface area contributed by atoms with Crippen LogP contribution in [0.3, 0.4) is 0 Å². The molecule has 2 heterocycles. The number of unbranched alkanes of at least 4 members (excludes halogenated alkanes) is 2.